The number of nitrogens with one attached hydrogen (secondary N) is 1. The molecular formula is C13H17F2NO. The Morgan fingerprint density at radius 1 is 1.41 bits per heavy atom. The molecule has 1 heterocycles. The second-order valence-electron chi connectivity index (χ2n) is 4.65. The molecule has 0 radical (unpaired) electrons. The van der Waals surface area contributed by atoms with Crippen LogP contribution in [-0.2, 0) is 4.74 Å². The van der Waals surface area contributed by atoms with E-state index in [2.05, 4.69) is 5.32 Å². The van der Waals surface area contributed by atoms with Crippen molar-refractivity contribution in [1.82, 2.24) is 5.32 Å². The van der Waals surface area contributed by atoms with Gasteiger partial charge in [-0.25, -0.2) is 8.78 Å². The van der Waals surface area contributed by atoms with Crippen LogP contribution in [0.4, 0.5) is 8.78 Å². The molecule has 1 aliphatic heterocycles. The first-order valence-corrected chi connectivity index (χ1v) is 5.83. The fraction of sp³-hybridized carbons (Fsp3) is 0.538. The summed E-state index contributed by atoms with van der Waals surface area (Å²) in [6.07, 6.45) is 1.79. The van der Waals surface area contributed by atoms with E-state index in [-0.39, 0.29) is 6.04 Å². The van der Waals surface area contributed by atoms with E-state index in [1.165, 1.54) is 6.07 Å². The Hall–Kier alpha value is -1.00. The van der Waals surface area contributed by atoms with E-state index in [9.17, 15) is 8.78 Å². The Morgan fingerprint density at radius 3 is 2.76 bits per heavy atom. The average molecular weight is 241 g/mol. The number of hydrogen-bond donors (Lipinski definition) is 1. The minimum Gasteiger partial charge on any atom is -0.373 e. The topological polar surface area (TPSA) is 21.3 Å². The van der Waals surface area contributed by atoms with E-state index >= 15 is 0 Å². The lowest BCUT2D eigenvalue weighted by molar-refractivity contribution is -0.0114. The average Bonchev–Trinajstić information content (AvgIpc) is 2.72. The first-order valence-electron chi connectivity index (χ1n) is 5.83. The van der Waals surface area contributed by atoms with Crippen molar-refractivity contribution in [2.45, 2.75) is 31.4 Å². The molecule has 1 fully saturated rings. The van der Waals surface area contributed by atoms with Gasteiger partial charge in [0.15, 0.2) is 0 Å². The van der Waals surface area contributed by atoms with Crippen molar-refractivity contribution in [2.75, 3.05) is 13.7 Å². The molecule has 2 atom stereocenters. The summed E-state index contributed by atoms with van der Waals surface area (Å²) in [4.78, 5) is 0. The van der Waals surface area contributed by atoms with Crippen molar-refractivity contribution in [3.05, 3.63) is 35.4 Å². The normalized spacial score (nSPS) is 26.1. The Balaban J connectivity index is 2.37. The van der Waals surface area contributed by atoms with Crippen molar-refractivity contribution in [3.63, 3.8) is 0 Å². The quantitative estimate of drug-likeness (QED) is 0.878. The molecule has 17 heavy (non-hydrogen) atoms. The van der Waals surface area contributed by atoms with Gasteiger partial charge in [-0.15, -0.1) is 0 Å². The highest BCUT2D eigenvalue weighted by atomic mass is 19.1. The Morgan fingerprint density at radius 2 is 2.18 bits per heavy atom. The first-order chi connectivity index (χ1) is 8.07. The van der Waals surface area contributed by atoms with Crippen molar-refractivity contribution < 1.29 is 13.5 Å². The molecule has 0 aliphatic carbocycles. The predicted molar refractivity (Wildman–Crippen MR) is 61.7 cm³/mol. The van der Waals surface area contributed by atoms with Crippen LogP contribution in [0.5, 0.6) is 0 Å². The maximum atomic E-state index is 13.8. The Labute approximate surface area is 100.0 Å². The minimum atomic E-state index is -0.469. The van der Waals surface area contributed by atoms with Gasteiger partial charge in [-0.2, -0.15) is 0 Å². The molecule has 2 rings (SSSR count). The lowest BCUT2D eigenvalue weighted by Crippen LogP contribution is -2.40. The second kappa shape index (κ2) is 4.70. The Kier molecular flexibility index (Phi) is 3.45. The summed E-state index contributed by atoms with van der Waals surface area (Å²) in [6.45, 7) is 2.61. The van der Waals surface area contributed by atoms with Crippen LogP contribution in [0.15, 0.2) is 18.2 Å². The summed E-state index contributed by atoms with van der Waals surface area (Å²) in [7, 11) is 1.74. The second-order valence-corrected chi connectivity index (χ2v) is 4.65. The number of hydrogen-bond acceptors (Lipinski definition) is 2. The third-order valence-electron chi connectivity index (χ3n) is 3.42. The van der Waals surface area contributed by atoms with E-state index in [0.29, 0.717) is 12.2 Å². The molecule has 0 amide bonds. The summed E-state index contributed by atoms with van der Waals surface area (Å²) in [5.41, 5.74) is -0.138. The third-order valence-corrected chi connectivity index (χ3v) is 3.42. The van der Waals surface area contributed by atoms with Crippen LogP contribution >= 0.6 is 0 Å². The van der Waals surface area contributed by atoms with Crippen LogP contribution in [0.3, 0.4) is 0 Å². The fourth-order valence-electron chi connectivity index (χ4n) is 2.55. The van der Waals surface area contributed by atoms with Crippen molar-refractivity contribution in [1.29, 1.82) is 0 Å². The lowest BCUT2D eigenvalue weighted by atomic mass is 9.87. The maximum absolute atomic E-state index is 13.8. The van der Waals surface area contributed by atoms with Gasteiger partial charge in [0.25, 0.3) is 0 Å². The summed E-state index contributed by atoms with van der Waals surface area (Å²) in [6, 6.07) is 3.20. The highest BCUT2D eigenvalue weighted by Gasteiger charge is 2.39. The standard InChI is InChI=1S/C13H17F2NO/c1-13(6-3-7-17-13)12(16-2)10-8-9(14)4-5-11(10)15/h4-5,8,12,16H,3,6-7H2,1-2H3. The van der Waals surface area contributed by atoms with Crippen molar-refractivity contribution in [2.24, 2.45) is 0 Å². The molecule has 1 aromatic carbocycles. The molecule has 1 saturated heterocycles. The number of benzene rings is 1. The van der Waals surface area contributed by atoms with Gasteiger partial charge in [-0.1, -0.05) is 0 Å². The van der Waals surface area contributed by atoms with E-state index in [1.807, 2.05) is 6.92 Å². The Bertz CT molecular complexity index is 402. The highest BCUT2D eigenvalue weighted by Crippen LogP contribution is 2.38. The number of rotatable bonds is 3. The molecule has 2 unspecified atom stereocenters. The third kappa shape index (κ3) is 2.33. The SMILES string of the molecule is CNC(c1cc(F)ccc1F)C1(C)CCCO1. The van der Waals surface area contributed by atoms with Crippen LogP contribution in [0.2, 0.25) is 0 Å². The molecule has 0 spiro atoms. The van der Waals surface area contributed by atoms with Gasteiger partial charge in [0.1, 0.15) is 11.6 Å². The summed E-state index contributed by atoms with van der Waals surface area (Å²) >= 11 is 0. The largest absolute Gasteiger partial charge is 0.373 e. The number of likely N-dealkylation sites (N-methyl/N-ethyl adjacent to an activating group) is 1. The molecule has 1 aliphatic rings. The summed E-state index contributed by atoms with van der Waals surface area (Å²) in [5.74, 6) is -0.828. The number of ether oxygens (including phenoxy) is 1. The molecule has 4 heteroatoms. The molecule has 0 aromatic heterocycles. The van der Waals surface area contributed by atoms with Gasteiger partial charge in [0.05, 0.1) is 11.6 Å². The van der Waals surface area contributed by atoms with Crippen molar-refractivity contribution >= 4 is 0 Å². The molecule has 0 bridgehead atoms. The molecule has 1 N–H and O–H groups in total. The van der Waals surface area contributed by atoms with Gasteiger partial charge < -0.3 is 10.1 Å². The molecule has 1 aromatic rings. The van der Waals surface area contributed by atoms with Crippen LogP contribution in [0.1, 0.15) is 31.4 Å². The van der Waals surface area contributed by atoms with Gasteiger partial charge in [-0.05, 0) is 45.0 Å². The van der Waals surface area contributed by atoms with E-state index in [4.69, 9.17) is 4.74 Å². The van der Waals surface area contributed by atoms with Crippen LogP contribution < -0.4 is 5.32 Å². The van der Waals surface area contributed by atoms with Gasteiger partial charge in [0.2, 0.25) is 0 Å². The highest BCUT2D eigenvalue weighted by molar-refractivity contribution is 5.25. The first kappa shape index (κ1) is 12.5. The van der Waals surface area contributed by atoms with Gasteiger partial charge >= 0.3 is 0 Å². The molecule has 0 saturated carbocycles. The van der Waals surface area contributed by atoms with E-state index < -0.39 is 17.2 Å². The zero-order valence-corrected chi connectivity index (χ0v) is 10.1. The predicted octanol–water partition coefficient (Wildman–Crippen LogP) is 2.79. The van der Waals surface area contributed by atoms with E-state index in [0.717, 1.165) is 25.0 Å². The minimum absolute atomic E-state index is 0.330. The zero-order valence-electron chi connectivity index (χ0n) is 10.1. The fourth-order valence-corrected chi connectivity index (χ4v) is 2.55. The van der Waals surface area contributed by atoms with Crippen LogP contribution in [0, 0.1) is 11.6 Å². The number of halogens is 2. The molecule has 94 valence electrons. The smallest absolute Gasteiger partial charge is 0.128 e. The lowest BCUT2D eigenvalue weighted by Gasteiger charge is -2.33. The van der Waals surface area contributed by atoms with Gasteiger partial charge in [0, 0.05) is 12.2 Å². The van der Waals surface area contributed by atoms with Crippen LogP contribution in [0.25, 0.3) is 0 Å². The van der Waals surface area contributed by atoms with Crippen LogP contribution in [-0.4, -0.2) is 19.3 Å². The van der Waals surface area contributed by atoms with Gasteiger partial charge in [-0.3, -0.25) is 0 Å². The zero-order chi connectivity index (χ0) is 12.5. The summed E-state index contributed by atoms with van der Waals surface area (Å²) < 4.78 is 32.7. The van der Waals surface area contributed by atoms with E-state index in [1.54, 1.807) is 7.05 Å². The monoisotopic (exact) mass is 241 g/mol. The van der Waals surface area contributed by atoms with Crippen molar-refractivity contribution in [3.8, 4) is 0 Å². The maximum Gasteiger partial charge on any atom is 0.128 e. The molecule has 2 nitrogen and oxygen atoms in total. The molecular weight excluding hydrogens is 224 g/mol. The summed E-state index contributed by atoms with van der Waals surface area (Å²) in [5, 5.41) is 3.04.